The molecule has 8 nitrogen and oxygen atoms in total. The molecule has 8 heteroatoms. The van der Waals surface area contributed by atoms with Gasteiger partial charge >= 0.3 is 5.97 Å². The zero-order chi connectivity index (χ0) is 17.6. The highest BCUT2D eigenvalue weighted by Crippen LogP contribution is 2.33. The van der Waals surface area contributed by atoms with Crippen molar-refractivity contribution in [1.29, 1.82) is 0 Å². The lowest BCUT2D eigenvalue weighted by Gasteiger charge is -2.15. The number of aromatic nitrogens is 3. The standard InChI is InChI=1S/C17H21N5O3/c23-16(18-7-12-4-2-1-3-5-12)11-22-9-13(6-17(24)25)14(10-22)15-8-19-21-20-15/h1-5,8,13-14H,6-7,9-11H2,(H,18,23)(H,24,25)(H,19,20,21)/t13-,14+/m1/s1. The molecule has 2 atom stereocenters. The molecule has 0 unspecified atom stereocenters. The van der Waals surface area contributed by atoms with Gasteiger partial charge < -0.3 is 10.4 Å². The van der Waals surface area contributed by atoms with Crippen molar-refractivity contribution in [3.05, 3.63) is 47.8 Å². The van der Waals surface area contributed by atoms with Gasteiger partial charge in [0, 0.05) is 25.6 Å². The number of carboxylic acids is 1. The molecule has 2 heterocycles. The summed E-state index contributed by atoms with van der Waals surface area (Å²) >= 11 is 0. The number of rotatable bonds is 7. The van der Waals surface area contributed by atoms with Crippen molar-refractivity contribution in [2.24, 2.45) is 5.92 Å². The highest BCUT2D eigenvalue weighted by atomic mass is 16.4. The Morgan fingerprint density at radius 2 is 2.08 bits per heavy atom. The first-order valence-electron chi connectivity index (χ1n) is 8.22. The smallest absolute Gasteiger partial charge is 0.303 e. The van der Waals surface area contributed by atoms with E-state index >= 15 is 0 Å². The molecule has 1 amide bonds. The number of hydrogen-bond donors (Lipinski definition) is 3. The van der Waals surface area contributed by atoms with Gasteiger partial charge in [0.2, 0.25) is 5.91 Å². The maximum Gasteiger partial charge on any atom is 0.303 e. The number of carbonyl (C=O) groups excluding carboxylic acids is 1. The summed E-state index contributed by atoms with van der Waals surface area (Å²) < 4.78 is 0. The minimum atomic E-state index is -0.839. The number of amides is 1. The fourth-order valence-electron chi connectivity index (χ4n) is 3.30. The zero-order valence-electron chi connectivity index (χ0n) is 13.8. The number of aromatic amines is 1. The van der Waals surface area contributed by atoms with Crippen LogP contribution in [0.5, 0.6) is 0 Å². The lowest BCUT2D eigenvalue weighted by atomic mass is 9.91. The maximum absolute atomic E-state index is 12.2. The minimum Gasteiger partial charge on any atom is -0.481 e. The molecular weight excluding hydrogens is 322 g/mol. The molecule has 1 fully saturated rings. The van der Waals surface area contributed by atoms with Crippen LogP contribution in [-0.4, -0.2) is 56.9 Å². The van der Waals surface area contributed by atoms with Gasteiger partial charge in [-0.3, -0.25) is 14.5 Å². The van der Waals surface area contributed by atoms with E-state index in [9.17, 15) is 9.59 Å². The monoisotopic (exact) mass is 343 g/mol. The number of aliphatic carboxylic acids is 1. The fourth-order valence-corrected chi connectivity index (χ4v) is 3.30. The number of nitrogens with one attached hydrogen (secondary N) is 2. The molecule has 1 aliphatic rings. The molecule has 25 heavy (non-hydrogen) atoms. The van der Waals surface area contributed by atoms with Crippen molar-refractivity contribution in [1.82, 2.24) is 25.6 Å². The van der Waals surface area contributed by atoms with Crippen LogP contribution < -0.4 is 5.32 Å². The number of carbonyl (C=O) groups is 2. The second kappa shape index (κ2) is 7.89. The Bertz CT molecular complexity index is 704. The van der Waals surface area contributed by atoms with Crippen LogP contribution in [0.1, 0.15) is 23.6 Å². The van der Waals surface area contributed by atoms with Gasteiger partial charge in [-0.15, -0.1) is 0 Å². The third-order valence-electron chi connectivity index (χ3n) is 4.47. The molecule has 0 saturated carbocycles. The number of H-pyrrole nitrogens is 1. The topological polar surface area (TPSA) is 111 Å². The third kappa shape index (κ3) is 4.63. The second-order valence-corrected chi connectivity index (χ2v) is 6.32. The van der Waals surface area contributed by atoms with Crippen LogP contribution in [0.25, 0.3) is 0 Å². The van der Waals surface area contributed by atoms with Crippen LogP contribution in [0.15, 0.2) is 36.5 Å². The molecule has 0 radical (unpaired) electrons. The summed E-state index contributed by atoms with van der Waals surface area (Å²) in [4.78, 5) is 25.3. The van der Waals surface area contributed by atoms with E-state index in [0.29, 0.717) is 19.6 Å². The Morgan fingerprint density at radius 3 is 2.76 bits per heavy atom. The quantitative estimate of drug-likeness (QED) is 0.679. The Labute approximate surface area is 145 Å². The lowest BCUT2D eigenvalue weighted by Crippen LogP contribution is -2.36. The van der Waals surface area contributed by atoms with E-state index in [4.69, 9.17) is 5.11 Å². The molecule has 132 valence electrons. The summed E-state index contributed by atoms with van der Waals surface area (Å²) in [7, 11) is 0. The van der Waals surface area contributed by atoms with Crippen molar-refractivity contribution in [3.8, 4) is 0 Å². The van der Waals surface area contributed by atoms with Gasteiger partial charge in [-0.1, -0.05) is 30.3 Å². The Hall–Kier alpha value is -2.74. The highest BCUT2D eigenvalue weighted by molar-refractivity contribution is 5.78. The number of nitrogens with zero attached hydrogens (tertiary/aromatic N) is 3. The number of hydrogen-bond acceptors (Lipinski definition) is 5. The summed E-state index contributed by atoms with van der Waals surface area (Å²) in [5.74, 6) is -1.02. The Balaban J connectivity index is 1.55. The van der Waals surface area contributed by atoms with E-state index < -0.39 is 5.97 Å². The third-order valence-corrected chi connectivity index (χ3v) is 4.47. The van der Waals surface area contributed by atoms with Gasteiger partial charge in [0.25, 0.3) is 0 Å². The highest BCUT2D eigenvalue weighted by Gasteiger charge is 2.37. The largest absolute Gasteiger partial charge is 0.481 e. The maximum atomic E-state index is 12.2. The van der Waals surface area contributed by atoms with Crippen molar-refractivity contribution >= 4 is 11.9 Å². The number of carboxylic acid groups (broad SMARTS) is 1. The Morgan fingerprint density at radius 1 is 1.28 bits per heavy atom. The van der Waals surface area contributed by atoms with Crippen LogP contribution in [0.2, 0.25) is 0 Å². The van der Waals surface area contributed by atoms with E-state index in [1.54, 1.807) is 6.20 Å². The van der Waals surface area contributed by atoms with Gasteiger partial charge in [-0.2, -0.15) is 15.4 Å². The molecule has 3 N–H and O–H groups in total. The van der Waals surface area contributed by atoms with Crippen LogP contribution in [-0.2, 0) is 16.1 Å². The number of benzene rings is 1. The minimum absolute atomic E-state index is 0.0308. The molecular formula is C17H21N5O3. The summed E-state index contributed by atoms with van der Waals surface area (Å²) in [6.07, 6.45) is 1.68. The van der Waals surface area contributed by atoms with Gasteiger partial charge in [-0.05, 0) is 11.5 Å². The van der Waals surface area contributed by atoms with Crippen LogP contribution in [0.4, 0.5) is 0 Å². The molecule has 1 aromatic heterocycles. The second-order valence-electron chi connectivity index (χ2n) is 6.32. The lowest BCUT2D eigenvalue weighted by molar-refractivity contribution is -0.138. The van der Waals surface area contributed by atoms with Crippen LogP contribution in [0, 0.1) is 5.92 Å². The van der Waals surface area contributed by atoms with E-state index in [0.717, 1.165) is 11.3 Å². The molecule has 3 rings (SSSR count). The number of likely N-dealkylation sites (tertiary alicyclic amines) is 1. The first-order valence-corrected chi connectivity index (χ1v) is 8.22. The summed E-state index contributed by atoms with van der Waals surface area (Å²) in [6, 6.07) is 9.71. The van der Waals surface area contributed by atoms with Crippen LogP contribution >= 0.6 is 0 Å². The molecule has 1 aliphatic heterocycles. The molecule has 1 saturated heterocycles. The van der Waals surface area contributed by atoms with E-state index in [2.05, 4.69) is 20.7 Å². The molecule has 0 aliphatic carbocycles. The van der Waals surface area contributed by atoms with Gasteiger partial charge in [0.05, 0.1) is 24.9 Å². The first kappa shape index (κ1) is 17.1. The van der Waals surface area contributed by atoms with Crippen molar-refractivity contribution in [3.63, 3.8) is 0 Å². The molecule has 0 spiro atoms. The predicted octanol–water partition coefficient (Wildman–Crippen LogP) is 0.611. The van der Waals surface area contributed by atoms with Gasteiger partial charge in [0.15, 0.2) is 0 Å². The summed E-state index contributed by atoms with van der Waals surface area (Å²) in [6.45, 7) is 1.89. The van der Waals surface area contributed by atoms with E-state index in [1.165, 1.54) is 0 Å². The zero-order valence-corrected chi connectivity index (χ0v) is 13.8. The molecule has 1 aromatic carbocycles. The normalized spacial score (nSPS) is 20.5. The van der Waals surface area contributed by atoms with Crippen molar-refractivity contribution in [2.45, 2.75) is 18.9 Å². The molecule has 2 aromatic rings. The molecule has 0 bridgehead atoms. The summed E-state index contributed by atoms with van der Waals surface area (Å²) in [5.41, 5.74) is 1.79. The SMILES string of the molecule is O=C(O)C[C@@H]1CN(CC(=O)NCc2ccccc2)C[C@@H]1c1cn[nH]n1. The average molecular weight is 343 g/mol. The van der Waals surface area contributed by atoms with Crippen LogP contribution in [0.3, 0.4) is 0 Å². The van der Waals surface area contributed by atoms with Gasteiger partial charge in [-0.25, -0.2) is 0 Å². The average Bonchev–Trinajstić information content (AvgIpc) is 3.23. The van der Waals surface area contributed by atoms with E-state index in [-0.39, 0.29) is 30.7 Å². The van der Waals surface area contributed by atoms with Crippen molar-refractivity contribution in [2.75, 3.05) is 19.6 Å². The van der Waals surface area contributed by atoms with Crippen molar-refractivity contribution < 1.29 is 14.7 Å². The van der Waals surface area contributed by atoms with Gasteiger partial charge in [0.1, 0.15) is 0 Å². The fraction of sp³-hybridized carbons (Fsp3) is 0.412. The van der Waals surface area contributed by atoms with E-state index in [1.807, 2.05) is 35.2 Å². The predicted molar refractivity (Wildman–Crippen MR) is 89.6 cm³/mol. The Kier molecular flexibility index (Phi) is 5.39. The summed E-state index contributed by atoms with van der Waals surface area (Å²) in [5, 5.41) is 22.5. The first-order chi connectivity index (χ1) is 12.1.